The van der Waals surface area contributed by atoms with Gasteiger partial charge in [0.05, 0.1) is 6.33 Å². The zero-order chi connectivity index (χ0) is 19.9. The van der Waals surface area contributed by atoms with Gasteiger partial charge in [0.15, 0.2) is 11.2 Å². The summed E-state index contributed by atoms with van der Waals surface area (Å²) in [5.74, 6) is 0.966. The highest BCUT2D eigenvalue weighted by molar-refractivity contribution is 5.75. The number of fused-ring (bicyclic) bond motifs is 1. The van der Waals surface area contributed by atoms with E-state index in [1.54, 1.807) is 7.05 Å². The van der Waals surface area contributed by atoms with Crippen molar-refractivity contribution in [3.63, 3.8) is 0 Å². The topological polar surface area (TPSA) is 88.1 Å². The van der Waals surface area contributed by atoms with E-state index in [4.69, 9.17) is 4.74 Å². The number of aromatic nitrogens is 4. The normalized spacial score (nSPS) is 23.1. The summed E-state index contributed by atoms with van der Waals surface area (Å²) in [5, 5.41) is 0. The van der Waals surface area contributed by atoms with Gasteiger partial charge in [-0.05, 0) is 30.6 Å². The fraction of sp³-hybridized carbons (Fsp3) is 0.684. The Morgan fingerprint density at radius 2 is 1.96 bits per heavy atom. The molecular weight excluding hydrogens is 348 g/mol. The molecule has 0 radical (unpaired) electrons. The van der Waals surface area contributed by atoms with Crippen LogP contribution in [0.4, 0.5) is 0 Å². The van der Waals surface area contributed by atoms with Crippen LogP contribution in [-0.4, -0.2) is 30.8 Å². The van der Waals surface area contributed by atoms with Crippen LogP contribution in [0, 0.1) is 17.8 Å². The third kappa shape index (κ3) is 3.57. The van der Waals surface area contributed by atoms with E-state index in [0.29, 0.717) is 17.8 Å². The smallest absolute Gasteiger partial charge is 0.332 e. The molecule has 0 spiro atoms. The van der Waals surface area contributed by atoms with Crippen LogP contribution in [0.2, 0.25) is 0 Å². The minimum Gasteiger partial charge on any atom is -0.461 e. The molecule has 0 bridgehead atoms. The van der Waals surface area contributed by atoms with Crippen LogP contribution in [0.25, 0.3) is 11.2 Å². The molecule has 0 aliphatic heterocycles. The van der Waals surface area contributed by atoms with Gasteiger partial charge in [0, 0.05) is 14.1 Å². The van der Waals surface area contributed by atoms with Crippen molar-refractivity contribution in [3.05, 3.63) is 27.2 Å². The minimum atomic E-state index is -0.468. The predicted octanol–water partition coefficient (Wildman–Crippen LogP) is 1.44. The zero-order valence-electron chi connectivity index (χ0n) is 16.6. The minimum absolute atomic E-state index is 0.0942. The maximum absolute atomic E-state index is 12.6. The number of ether oxygens (including phenoxy) is 1. The Hall–Kier alpha value is -2.38. The van der Waals surface area contributed by atoms with Gasteiger partial charge in [-0.15, -0.1) is 0 Å². The third-order valence-electron chi connectivity index (χ3n) is 5.76. The summed E-state index contributed by atoms with van der Waals surface area (Å²) in [7, 11) is 2.97. The summed E-state index contributed by atoms with van der Waals surface area (Å²) in [6.45, 7) is 6.41. The van der Waals surface area contributed by atoms with Crippen molar-refractivity contribution in [2.75, 3.05) is 0 Å². The van der Waals surface area contributed by atoms with Gasteiger partial charge in [0.1, 0.15) is 12.6 Å². The summed E-state index contributed by atoms with van der Waals surface area (Å²) in [6, 6.07) is 0. The zero-order valence-corrected chi connectivity index (χ0v) is 16.6. The summed E-state index contributed by atoms with van der Waals surface area (Å²) >= 11 is 0. The fourth-order valence-electron chi connectivity index (χ4n) is 4.11. The van der Waals surface area contributed by atoms with Gasteiger partial charge in [-0.3, -0.25) is 18.7 Å². The molecule has 0 aromatic carbocycles. The summed E-state index contributed by atoms with van der Waals surface area (Å²) in [4.78, 5) is 41.2. The van der Waals surface area contributed by atoms with Crippen LogP contribution >= 0.6 is 0 Å². The Kier molecular flexibility index (Phi) is 5.26. The largest absolute Gasteiger partial charge is 0.461 e. The Labute approximate surface area is 157 Å². The molecule has 1 fully saturated rings. The van der Waals surface area contributed by atoms with Crippen LogP contribution in [0.15, 0.2) is 15.9 Å². The summed E-state index contributed by atoms with van der Waals surface area (Å²) in [6.07, 6.45) is 4.41. The van der Waals surface area contributed by atoms with Gasteiger partial charge in [-0.2, -0.15) is 0 Å². The quantitative estimate of drug-likeness (QED) is 0.754. The molecule has 3 atom stereocenters. The SMILES string of the molecule is CC(C)[C@@H]1CC[C@H](C)C[C@H]1OC(=O)Cn1cnc2c1c(=O)n(C)c(=O)n2C. The van der Waals surface area contributed by atoms with E-state index in [1.807, 2.05) is 0 Å². The molecule has 1 aliphatic carbocycles. The number of carbonyl (C=O) groups is 1. The number of aryl methyl sites for hydroxylation is 1. The van der Waals surface area contributed by atoms with Gasteiger partial charge >= 0.3 is 11.7 Å². The van der Waals surface area contributed by atoms with Gasteiger partial charge in [0.25, 0.3) is 5.56 Å². The Morgan fingerprint density at radius 1 is 1.26 bits per heavy atom. The highest BCUT2D eigenvalue weighted by Gasteiger charge is 2.33. The molecule has 0 unspecified atom stereocenters. The van der Waals surface area contributed by atoms with Crippen molar-refractivity contribution in [3.8, 4) is 0 Å². The molecule has 2 aromatic heterocycles. The first-order valence-electron chi connectivity index (χ1n) is 9.51. The van der Waals surface area contributed by atoms with E-state index in [0.717, 1.165) is 23.8 Å². The van der Waals surface area contributed by atoms with Crippen LogP contribution in [-0.2, 0) is 30.2 Å². The number of rotatable bonds is 4. The molecule has 2 aromatic rings. The second-order valence-corrected chi connectivity index (χ2v) is 8.10. The summed E-state index contributed by atoms with van der Waals surface area (Å²) in [5.41, 5.74) is -0.419. The third-order valence-corrected chi connectivity index (χ3v) is 5.76. The predicted molar refractivity (Wildman–Crippen MR) is 101 cm³/mol. The van der Waals surface area contributed by atoms with Crippen molar-refractivity contribution < 1.29 is 9.53 Å². The molecule has 8 nitrogen and oxygen atoms in total. The van der Waals surface area contributed by atoms with Crippen LogP contribution in [0.1, 0.15) is 40.0 Å². The Balaban J connectivity index is 1.84. The van der Waals surface area contributed by atoms with E-state index in [9.17, 15) is 14.4 Å². The molecule has 0 N–H and O–H groups in total. The van der Waals surface area contributed by atoms with E-state index < -0.39 is 11.2 Å². The molecule has 1 saturated carbocycles. The lowest BCUT2D eigenvalue weighted by Gasteiger charge is -2.36. The van der Waals surface area contributed by atoms with Crippen LogP contribution in [0.3, 0.4) is 0 Å². The molecule has 2 heterocycles. The standard InChI is InChI=1S/C19H28N4O4/c1-11(2)13-7-6-12(3)8-14(13)27-15(24)9-23-10-20-17-16(23)18(25)22(5)19(26)21(17)4/h10-14H,6-9H2,1-5H3/t12-,13-,14+/m0/s1. The molecule has 1 aliphatic rings. The summed E-state index contributed by atoms with van der Waals surface area (Å²) < 4.78 is 9.60. The van der Waals surface area contributed by atoms with Crippen molar-refractivity contribution >= 4 is 17.1 Å². The average molecular weight is 376 g/mol. The second-order valence-electron chi connectivity index (χ2n) is 8.10. The van der Waals surface area contributed by atoms with Gasteiger partial charge in [-0.1, -0.05) is 27.2 Å². The van der Waals surface area contributed by atoms with E-state index in [2.05, 4.69) is 25.8 Å². The molecule has 8 heteroatoms. The van der Waals surface area contributed by atoms with E-state index in [-0.39, 0.29) is 29.8 Å². The average Bonchev–Trinajstić information content (AvgIpc) is 3.01. The van der Waals surface area contributed by atoms with Gasteiger partial charge < -0.3 is 9.30 Å². The number of carbonyl (C=O) groups excluding carboxylic acids is 1. The lowest BCUT2D eigenvalue weighted by Crippen LogP contribution is -2.38. The number of hydrogen-bond donors (Lipinski definition) is 0. The highest BCUT2D eigenvalue weighted by atomic mass is 16.5. The number of nitrogens with zero attached hydrogens (tertiary/aromatic N) is 4. The maximum atomic E-state index is 12.6. The maximum Gasteiger partial charge on any atom is 0.332 e. The molecule has 148 valence electrons. The first-order valence-corrected chi connectivity index (χ1v) is 9.51. The monoisotopic (exact) mass is 376 g/mol. The van der Waals surface area contributed by atoms with Crippen molar-refractivity contribution in [1.29, 1.82) is 0 Å². The van der Waals surface area contributed by atoms with Crippen LogP contribution < -0.4 is 11.2 Å². The first-order chi connectivity index (χ1) is 12.7. The molecule has 0 amide bonds. The molecule has 0 saturated heterocycles. The molecule has 27 heavy (non-hydrogen) atoms. The van der Waals surface area contributed by atoms with Crippen molar-refractivity contribution in [2.24, 2.45) is 31.8 Å². The fourth-order valence-corrected chi connectivity index (χ4v) is 4.11. The second kappa shape index (κ2) is 7.32. The van der Waals surface area contributed by atoms with Crippen molar-refractivity contribution in [1.82, 2.24) is 18.7 Å². The lowest BCUT2D eigenvalue weighted by atomic mass is 9.75. The van der Waals surface area contributed by atoms with Gasteiger partial charge in [0.2, 0.25) is 0 Å². The van der Waals surface area contributed by atoms with Crippen molar-refractivity contribution in [2.45, 2.75) is 52.7 Å². The highest BCUT2D eigenvalue weighted by Crippen LogP contribution is 2.35. The molecular formula is C19H28N4O4. The van der Waals surface area contributed by atoms with Gasteiger partial charge in [-0.25, -0.2) is 9.78 Å². The first kappa shape index (κ1) is 19.4. The number of esters is 1. The van der Waals surface area contributed by atoms with Crippen LogP contribution in [0.5, 0.6) is 0 Å². The molecule has 3 rings (SSSR count). The van der Waals surface area contributed by atoms with E-state index in [1.165, 1.54) is 22.5 Å². The Bertz CT molecular complexity index is 968. The van der Waals surface area contributed by atoms with E-state index >= 15 is 0 Å². The Morgan fingerprint density at radius 3 is 2.63 bits per heavy atom. The lowest BCUT2D eigenvalue weighted by molar-refractivity contribution is -0.156. The number of imidazole rings is 1. The number of hydrogen-bond acceptors (Lipinski definition) is 5.